The van der Waals surface area contributed by atoms with Crippen LogP contribution in [-0.2, 0) is 11.3 Å². The van der Waals surface area contributed by atoms with Crippen molar-refractivity contribution in [3.63, 3.8) is 0 Å². The second-order valence-corrected chi connectivity index (χ2v) is 4.58. The van der Waals surface area contributed by atoms with Gasteiger partial charge in [-0.15, -0.1) is 0 Å². The van der Waals surface area contributed by atoms with E-state index >= 15 is 0 Å². The summed E-state index contributed by atoms with van der Waals surface area (Å²) in [7, 11) is 1.73. The molecule has 0 saturated carbocycles. The van der Waals surface area contributed by atoms with Crippen molar-refractivity contribution < 1.29 is 4.74 Å². The molecule has 0 radical (unpaired) electrons. The first kappa shape index (κ1) is 14.9. The third-order valence-electron chi connectivity index (χ3n) is 2.84. The Balaban J connectivity index is 2.67. The molecule has 4 nitrogen and oxygen atoms in total. The Morgan fingerprint density at radius 2 is 2.17 bits per heavy atom. The molecular formula is C14H25N3O. The molecule has 0 saturated heterocycles. The van der Waals surface area contributed by atoms with Gasteiger partial charge in [-0.3, -0.25) is 0 Å². The predicted molar refractivity (Wildman–Crippen MR) is 76.0 cm³/mol. The highest BCUT2D eigenvalue weighted by Crippen LogP contribution is 2.14. The molecule has 1 rings (SSSR count). The molecule has 0 fully saturated rings. The topological polar surface area (TPSA) is 37.4 Å². The quantitative estimate of drug-likeness (QED) is 0.767. The minimum absolute atomic E-state index is 0.423. The number of hydrogen-bond donors (Lipinski definition) is 1. The summed E-state index contributed by atoms with van der Waals surface area (Å²) in [5.74, 6) is 1.02. The molecular weight excluding hydrogens is 226 g/mol. The van der Waals surface area contributed by atoms with Crippen LogP contribution >= 0.6 is 0 Å². The summed E-state index contributed by atoms with van der Waals surface area (Å²) < 4.78 is 5.14. The highest BCUT2D eigenvalue weighted by Gasteiger charge is 2.11. The third kappa shape index (κ3) is 4.63. The number of hydrogen-bond acceptors (Lipinski definition) is 4. The lowest BCUT2D eigenvalue weighted by atomic mass is 10.2. The number of aromatic nitrogens is 1. The van der Waals surface area contributed by atoms with Gasteiger partial charge in [0.2, 0.25) is 0 Å². The van der Waals surface area contributed by atoms with Gasteiger partial charge in [0.1, 0.15) is 5.82 Å². The first-order valence-corrected chi connectivity index (χ1v) is 6.60. The van der Waals surface area contributed by atoms with Crippen LogP contribution in [0.2, 0.25) is 0 Å². The first-order valence-electron chi connectivity index (χ1n) is 6.60. The van der Waals surface area contributed by atoms with Crippen LogP contribution in [0.15, 0.2) is 18.3 Å². The van der Waals surface area contributed by atoms with Gasteiger partial charge in [0.05, 0.1) is 6.61 Å². The van der Waals surface area contributed by atoms with Crippen molar-refractivity contribution in [2.75, 3.05) is 31.7 Å². The smallest absolute Gasteiger partial charge is 0.128 e. The molecule has 0 unspecified atom stereocenters. The maximum Gasteiger partial charge on any atom is 0.128 e. The SMILES string of the molecule is CCNCc1ccc(N(CCOC)C(C)C)nc1. The average Bonchev–Trinajstić information content (AvgIpc) is 2.38. The lowest BCUT2D eigenvalue weighted by Gasteiger charge is -2.27. The summed E-state index contributed by atoms with van der Waals surface area (Å²) in [6.07, 6.45) is 1.94. The van der Waals surface area contributed by atoms with E-state index in [0.717, 1.165) is 32.1 Å². The van der Waals surface area contributed by atoms with Crippen molar-refractivity contribution in [2.45, 2.75) is 33.4 Å². The van der Waals surface area contributed by atoms with Gasteiger partial charge in [-0.05, 0) is 32.0 Å². The van der Waals surface area contributed by atoms with Crippen molar-refractivity contribution >= 4 is 5.82 Å². The van der Waals surface area contributed by atoms with E-state index in [-0.39, 0.29) is 0 Å². The van der Waals surface area contributed by atoms with E-state index in [1.54, 1.807) is 7.11 Å². The molecule has 0 spiro atoms. The van der Waals surface area contributed by atoms with Crippen molar-refractivity contribution in [2.24, 2.45) is 0 Å². The van der Waals surface area contributed by atoms with E-state index in [0.29, 0.717) is 6.04 Å². The molecule has 0 amide bonds. The fourth-order valence-electron chi connectivity index (χ4n) is 1.79. The van der Waals surface area contributed by atoms with Crippen molar-refractivity contribution in [1.29, 1.82) is 0 Å². The number of ether oxygens (including phenoxy) is 1. The maximum absolute atomic E-state index is 5.14. The van der Waals surface area contributed by atoms with Gasteiger partial charge in [0.25, 0.3) is 0 Å². The maximum atomic E-state index is 5.14. The summed E-state index contributed by atoms with van der Waals surface area (Å²) >= 11 is 0. The molecule has 0 aliphatic carbocycles. The van der Waals surface area contributed by atoms with Gasteiger partial charge in [0, 0.05) is 32.4 Å². The lowest BCUT2D eigenvalue weighted by molar-refractivity contribution is 0.203. The van der Waals surface area contributed by atoms with Crippen LogP contribution in [-0.4, -0.2) is 37.8 Å². The summed E-state index contributed by atoms with van der Waals surface area (Å²) in [6, 6.07) is 4.64. The van der Waals surface area contributed by atoms with Crippen molar-refractivity contribution in [3.05, 3.63) is 23.9 Å². The van der Waals surface area contributed by atoms with Gasteiger partial charge in [-0.2, -0.15) is 0 Å². The lowest BCUT2D eigenvalue weighted by Crippen LogP contribution is -2.34. The van der Waals surface area contributed by atoms with E-state index in [1.165, 1.54) is 5.56 Å². The fraction of sp³-hybridized carbons (Fsp3) is 0.643. The Kier molecular flexibility index (Phi) is 6.68. The molecule has 1 N–H and O–H groups in total. The highest BCUT2D eigenvalue weighted by molar-refractivity contribution is 5.40. The number of pyridine rings is 1. The molecule has 0 atom stereocenters. The number of anilines is 1. The zero-order valence-electron chi connectivity index (χ0n) is 11.9. The second kappa shape index (κ2) is 8.06. The summed E-state index contributed by atoms with van der Waals surface area (Å²) in [5.41, 5.74) is 1.22. The molecule has 18 heavy (non-hydrogen) atoms. The normalized spacial score (nSPS) is 10.9. The monoisotopic (exact) mass is 251 g/mol. The fourth-order valence-corrected chi connectivity index (χ4v) is 1.79. The van der Waals surface area contributed by atoms with E-state index in [2.05, 4.69) is 48.1 Å². The van der Waals surface area contributed by atoms with Crippen LogP contribution < -0.4 is 10.2 Å². The predicted octanol–water partition coefficient (Wildman–Crippen LogP) is 2.05. The Hall–Kier alpha value is -1.13. The highest BCUT2D eigenvalue weighted by atomic mass is 16.5. The second-order valence-electron chi connectivity index (χ2n) is 4.58. The van der Waals surface area contributed by atoms with E-state index in [9.17, 15) is 0 Å². The Bertz CT molecular complexity index is 324. The van der Waals surface area contributed by atoms with E-state index in [1.807, 2.05) is 6.20 Å². The minimum Gasteiger partial charge on any atom is -0.383 e. The van der Waals surface area contributed by atoms with E-state index < -0.39 is 0 Å². The molecule has 4 heteroatoms. The molecule has 1 heterocycles. The largest absolute Gasteiger partial charge is 0.383 e. The van der Waals surface area contributed by atoms with Crippen LogP contribution in [0.25, 0.3) is 0 Å². The summed E-state index contributed by atoms with van der Waals surface area (Å²) in [5, 5.41) is 3.30. The number of nitrogens with one attached hydrogen (secondary N) is 1. The molecule has 0 aromatic carbocycles. The number of rotatable bonds is 8. The molecule has 0 aliphatic rings. The minimum atomic E-state index is 0.423. The van der Waals surface area contributed by atoms with Gasteiger partial charge in [-0.25, -0.2) is 4.98 Å². The average molecular weight is 251 g/mol. The van der Waals surface area contributed by atoms with Gasteiger partial charge >= 0.3 is 0 Å². The van der Waals surface area contributed by atoms with Gasteiger partial charge in [-0.1, -0.05) is 13.0 Å². The summed E-state index contributed by atoms with van der Waals surface area (Å²) in [4.78, 5) is 6.79. The molecule has 1 aromatic rings. The Morgan fingerprint density at radius 1 is 1.39 bits per heavy atom. The molecule has 0 aliphatic heterocycles. The molecule has 0 bridgehead atoms. The van der Waals surface area contributed by atoms with E-state index in [4.69, 9.17) is 4.74 Å². The van der Waals surface area contributed by atoms with Crippen LogP contribution in [0.1, 0.15) is 26.3 Å². The van der Waals surface area contributed by atoms with Gasteiger partial charge < -0.3 is 15.0 Å². The molecule has 102 valence electrons. The zero-order valence-corrected chi connectivity index (χ0v) is 11.9. The van der Waals surface area contributed by atoms with Crippen LogP contribution in [0, 0.1) is 0 Å². The Morgan fingerprint density at radius 3 is 2.67 bits per heavy atom. The standard InChI is InChI=1S/C14H25N3O/c1-5-15-10-13-6-7-14(16-11-13)17(12(2)3)8-9-18-4/h6-7,11-12,15H,5,8-10H2,1-4H3. The summed E-state index contributed by atoms with van der Waals surface area (Å²) in [6.45, 7) is 9.89. The zero-order chi connectivity index (χ0) is 13.4. The Labute approximate surface area is 110 Å². The number of nitrogens with zero attached hydrogens (tertiary/aromatic N) is 2. The molecule has 1 aromatic heterocycles. The third-order valence-corrected chi connectivity index (χ3v) is 2.84. The van der Waals surface area contributed by atoms with Gasteiger partial charge in [0.15, 0.2) is 0 Å². The first-order chi connectivity index (χ1) is 8.69. The van der Waals surface area contributed by atoms with Crippen LogP contribution in [0.5, 0.6) is 0 Å². The number of methoxy groups -OCH3 is 1. The van der Waals surface area contributed by atoms with Crippen LogP contribution in [0.3, 0.4) is 0 Å². The van der Waals surface area contributed by atoms with Crippen molar-refractivity contribution in [1.82, 2.24) is 10.3 Å². The van der Waals surface area contributed by atoms with Crippen molar-refractivity contribution in [3.8, 4) is 0 Å². The van der Waals surface area contributed by atoms with Crippen LogP contribution in [0.4, 0.5) is 5.82 Å².